The summed E-state index contributed by atoms with van der Waals surface area (Å²) in [6.45, 7) is 6.94. The SMILES string of the molecule is CC(=O)Nc1nc(C)c(-c2csc(C(=O)N3CCN(C(C)=O)CC3)n2)s1. The summed E-state index contributed by atoms with van der Waals surface area (Å²) in [5.74, 6) is -0.262. The van der Waals surface area contributed by atoms with Crippen LogP contribution in [-0.2, 0) is 9.59 Å². The van der Waals surface area contributed by atoms with Gasteiger partial charge in [-0.25, -0.2) is 9.97 Å². The van der Waals surface area contributed by atoms with Gasteiger partial charge < -0.3 is 15.1 Å². The minimum Gasteiger partial charge on any atom is -0.339 e. The Bertz CT molecular complexity index is 852. The Morgan fingerprint density at radius 1 is 1.08 bits per heavy atom. The second-order valence-corrected chi connectivity index (χ2v) is 7.81. The van der Waals surface area contributed by atoms with E-state index in [1.54, 1.807) is 9.80 Å². The fourth-order valence-electron chi connectivity index (χ4n) is 2.67. The van der Waals surface area contributed by atoms with Crippen molar-refractivity contribution in [1.29, 1.82) is 0 Å². The summed E-state index contributed by atoms with van der Waals surface area (Å²) in [7, 11) is 0. The van der Waals surface area contributed by atoms with Crippen LogP contribution in [0.1, 0.15) is 29.3 Å². The topological polar surface area (TPSA) is 95.5 Å². The summed E-state index contributed by atoms with van der Waals surface area (Å²) >= 11 is 2.63. The molecular weight excluding hydrogens is 374 g/mol. The van der Waals surface area contributed by atoms with Crippen molar-refractivity contribution < 1.29 is 14.4 Å². The zero-order valence-electron chi connectivity index (χ0n) is 14.7. The van der Waals surface area contributed by atoms with Crippen LogP contribution in [-0.4, -0.2) is 63.7 Å². The van der Waals surface area contributed by atoms with Gasteiger partial charge in [0, 0.05) is 45.4 Å². The van der Waals surface area contributed by atoms with Crippen molar-refractivity contribution in [1.82, 2.24) is 19.8 Å². The Hall–Kier alpha value is -2.33. The molecule has 138 valence electrons. The number of amides is 3. The first-order valence-corrected chi connectivity index (χ1v) is 9.80. The van der Waals surface area contributed by atoms with Crippen molar-refractivity contribution in [3.63, 3.8) is 0 Å². The molecule has 3 amide bonds. The van der Waals surface area contributed by atoms with Crippen LogP contribution in [0.5, 0.6) is 0 Å². The first-order chi connectivity index (χ1) is 12.3. The molecule has 0 saturated carbocycles. The van der Waals surface area contributed by atoms with Crippen LogP contribution < -0.4 is 5.32 Å². The van der Waals surface area contributed by atoms with Crippen LogP contribution in [0.15, 0.2) is 5.38 Å². The van der Waals surface area contributed by atoms with Gasteiger partial charge in [-0.05, 0) is 6.92 Å². The zero-order chi connectivity index (χ0) is 18.8. The normalized spacial score (nSPS) is 14.4. The molecule has 1 fully saturated rings. The van der Waals surface area contributed by atoms with Crippen LogP contribution in [0.4, 0.5) is 5.13 Å². The first-order valence-electron chi connectivity index (χ1n) is 8.11. The number of piperazine rings is 1. The van der Waals surface area contributed by atoms with E-state index in [1.807, 2.05) is 12.3 Å². The van der Waals surface area contributed by atoms with Crippen LogP contribution in [0.3, 0.4) is 0 Å². The average molecular weight is 393 g/mol. The lowest BCUT2D eigenvalue weighted by atomic mass is 10.3. The van der Waals surface area contributed by atoms with Gasteiger partial charge in [0.1, 0.15) is 0 Å². The number of nitrogens with one attached hydrogen (secondary N) is 1. The Labute approximate surface area is 158 Å². The standard InChI is InChI=1S/C16H19N5O3S2/c1-9-13(26-16(17-9)18-10(2)22)12-8-25-14(19-12)15(24)21-6-4-20(5-7-21)11(3)23/h8H,4-7H2,1-3H3,(H,17,18,22). The smallest absolute Gasteiger partial charge is 0.282 e. The highest BCUT2D eigenvalue weighted by molar-refractivity contribution is 7.19. The van der Waals surface area contributed by atoms with E-state index in [0.29, 0.717) is 42.0 Å². The Balaban J connectivity index is 1.72. The van der Waals surface area contributed by atoms with Gasteiger partial charge in [-0.3, -0.25) is 14.4 Å². The highest BCUT2D eigenvalue weighted by Crippen LogP contribution is 2.33. The number of carbonyl (C=O) groups excluding carboxylic acids is 3. The summed E-state index contributed by atoms with van der Waals surface area (Å²) in [5.41, 5.74) is 1.45. The fourth-order valence-corrected chi connectivity index (χ4v) is 4.50. The molecule has 10 heteroatoms. The Morgan fingerprint density at radius 3 is 2.35 bits per heavy atom. The van der Waals surface area contributed by atoms with E-state index >= 15 is 0 Å². The number of carbonyl (C=O) groups is 3. The molecule has 3 rings (SSSR count). The summed E-state index contributed by atoms with van der Waals surface area (Å²) in [6.07, 6.45) is 0. The van der Waals surface area contributed by atoms with Crippen molar-refractivity contribution in [3.8, 4) is 10.6 Å². The molecule has 2 aromatic rings. The molecule has 3 heterocycles. The summed E-state index contributed by atoms with van der Waals surface area (Å²) in [6, 6.07) is 0. The zero-order valence-corrected chi connectivity index (χ0v) is 16.4. The molecular formula is C16H19N5O3S2. The van der Waals surface area contributed by atoms with Gasteiger partial charge >= 0.3 is 0 Å². The second-order valence-electron chi connectivity index (χ2n) is 5.95. The summed E-state index contributed by atoms with van der Waals surface area (Å²) < 4.78 is 0. The van der Waals surface area contributed by atoms with Gasteiger partial charge in [-0.1, -0.05) is 11.3 Å². The lowest BCUT2D eigenvalue weighted by Crippen LogP contribution is -2.50. The van der Waals surface area contributed by atoms with Crippen LogP contribution in [0.2, 0.25) is 0 Å². The molecule has 8 nitrogen and oxygen atoms in total. The van der Waals surface area contributed by atoms with E-state index in [2.05, 4.69) is 15.3 Å². The van der Waals surface area contributed by atoms with E-state index < -0.39 is 0 Å². The van der Waals surface area contributed by atoms with Gasteiger partial charge in [0.25, 0.3) is 5.91 Å². The number of nitrogens with zero attached hydrogens (tertiary/aromatic N) is 4. The molecule has 0 radical (unpaired) electrons. The van der Waals surface area contributed by atoms with Gasteiger partial charge in [0.15, 0.2) is 10.1 Å². The maximum absolute atomic E-state index is 12.7. The minimum absolute atomic E-state index is 0.0317. The number of anilines is 1. The Kier molecular flexibility index (Phi) is 5.33. The van der Waals surface area contributed by atoms with E-state index in [4.69, 9.17) is 0 Å². The Morgan fingerprint density at radius 2 is 1.73 bits per heavy atom. The van der Waals surface area contributed by atoms with Crippen LogP contribution in [0, 0.1) is 6.92 Å². The third-order valence-electron chi connectivity index (χ3n) is 4.01. The quantitative estimate of drug-likeness (QED) is 0.858. The summed E-state index contributed by atoms with van der Waals surface area (Å²) in [5, 5.41) is 5.44. The molecule has 0 aromatic carbocycles. The van der Waals surface area contributed by atoms with Gasteiger partial charge in [-0.15, -0.1) is 11.3 Å². The molecule has 1 N–H and O–H groups in total. The van der Waals surface area contributed by atoms with Crippen molar-refractivity contribution in [2.75, 3.05) is 31.5 Å². The average Bonchev–Trinajstić information content (AvgIpc) is 3.20. The molecule has 1 saturated heterocycles. The molecule has 1 aliphatic rings. The lowest BCUT2D eigenvalue weighted by molar-refractivity contribution is -0.130. The third kappa shape index (κ3) is 3.91. The predicted molar refractivity (Wildman–Crippen MR) is 100 cm³/mol. The molecule has 0 unspecified atom stereocenters. The monoisotopic (exact) mass is 393 g/mol. The van der Waals surface area contributed by atoms with Crippen molar-refractivity contribution in [2.45, 2.75) is 20.8 Å². The largest absolute Gasteiger partial charge is 0.339 e. The highest BCUT2D eigenvalue weighted by Gasteiger charge is 2.25. The number of thiazole rings is 2. The highest BCUT2D eigenvalue weighted by atomic mass is 32.1. The predicted octanol–water partition coefficient (Wildman–Crippen LogP) is 1.84. The number of hydrogen-bond donors (Lipinski definition) is 1. The summed E-state index contributed by atoms with van der Waals surface area (Å²) in [4.78, 5) is 48.3. The molecule has 1 aliphatic heterocycles. The number of aromatic nitrogens is 2. The molecule has 2 aromatic heterocycles. The molecule has 0 atom stereocenters. The first kappa shape index (κ1) is 18.5. The fraction of sp³-hybridized carbons (Fsp3) is 0.438. The maximum Gasteiger partial charge on any atom is 0.282 e. The van der Waals surface area contributed by atoms with E-state index in [9.17, 15) is 14.4 Å². The maximum atomic E-state index is 12.7. The molecule has 26 heavy (non-hydrogen) atoms. The molecule has 0 aliphatic carbocycles. The van der Waals surface area contributed by atoms with E-state index in [-0.39, 0.29) is 17.7 Å². The second kappa shape index (κ2) is 7.50. The molecule has 0 spiro atoms. The molecule has 0 bridgehead atoms. The van der Waals surface area contributed by atoms with Gasteiger partial charge in [0.2, 0.25) is 11.8 Å². The van der Waals surface area contributed by atoms with Crippen molar-refractivity contribution in [2.24, 2.45) is 0 Å². The van der Waals surface area contributed by atoms with Gasteiger partial charge in [-0.2, -0.15) is 0 Å². The number of aryl methyl sites for hydroxylation is 1. The van der Waals surface area contributed by atoms with Crippen molar-refractivity contribution in [3.05, 3.63) is 16.1 Å². The van der Waals surface area contributed by atoms with Crippen LogP contribution in [0.25, 0.3) is 10.6 Å². The number of hydrogen-bond acceptors (Lipinski definition) is 7. The lowest BCUT2D eigenvalue weighted by Gasteiger charge is -2.33. The number of rotatable bonds is 3. The van der Waals surface area contributed by atoms with Crippen molar-refractivity contribution >= 4 is 45.5 Å². The van der Waals surface area contributed by atoms with E-state index in [0.717, 1.165) is 10.6 Å². The van der Waals surface area contributed by atoms with E-state index in [1.165, 1.54) is 36.5 Å². The minimum atomic E-state index is -0.177. The van der Waals surface area contributed by atoms with Gasteiger partial charge in [0.05, 0.1) is 16.3 Å². The third-order valence-corrected chi connectivity index (χ3v) is 5.94. The van der Waals surface area contributed by atoms with Crippen LogP contribution >= 0.6 is 22.7 Å².